The Balaban J connectivity index is 1.32. The van der Waals surface area contributed by atoms with E-state index in [-0.39, 0.29) is 24.0 Å². The molecule has 0 aromatic heterocycles. The Labute approximate surface area is 174 Å². The zero-order valence-electron chi connectivity index (χ0n) is 16.5. The number of carbonyl (C=O) groups excluding carboxylic acids is 1. The van der Waals surface area contributed by atoms with Gasteiger partial charge in [-0.25, -0.2) is 17.6 Å². The van der Waals surface area contributed by atoms with E-state index >= 15 is 0 Å². The van der Waals surface area contributed by atoms with E-state index in [1.165, 1.54) is 16.4 Å². The van der Waals surface area contributed by atoms with Gasteiger partial charge in [-0.2, -0.15) is 4.31 Å². The molecule has 0 aliphatic carbocycles. The van der Waals surface area contributed by atoms with Crippen LogP contribution in [0.3, 0.4) is 0 Å². The Morgan fingerprint density at radius 2 is 1.60 bits per heavy atom. The van der Waals surface area contributed by atoms with Gasteiger partial charge in [-0.1, -0.05) is 12.1 Å². The number of ether oxygens (including phenoxy) is 1. The molecule has 0 saturated heterocycles. The van der Waals surface area contributed by atoms with Crippen LogP contribution in [0.4, 0.5) is 9.18 Å². The minimum absolute atomic E-state index is 0.0687. The third kappa shape index (κ3) is 4.03. The van der Waals surface area contributed by atoms with Gasteiger partial charge in [0, 0.05) is 32.7 Å². The zero-order chi connectivity index (χ0) is 21.3. The van der Waals surface area contributed by atoms with Crippen LogP contribution in [0.5, 0.6) is 5.75 Å². The van der Waals surface area contributed by atoms with Crippen molar-refractivity contribution in [3.8, 4) is 5.75 Å². The van der Waals surface area contributed by atoms with Crippen molar-refractivity contribution in [3.05, 3.63) is 71.1 Å². The molecule has 2 aliphatic rings. The molecule has 0 atom stereocenters. The van der Waals surface area contributed by atoms with Crippen molar-refractivity contribution in [2.45, 2.75) is 11.4 Å². The van der Waals surface area contributed by atoms with Gasteiger partial charge < -0.3 is 15.0 Å². The molecular formula is C21H22FN3O4S. The maximum absolute atomic E-state index is 13.1. The molecule has 2 heterocycles. The molecule has 0 fully saturated rings. The van der Waals surface area contributed by atoms with Crippen LogP contribution < -0.4 is 10.1 Å². The lowest BCUT2D eigenvalue weighted by Gasteiger charge is -2.23. The summed E-state index contributed by atoms with van der Waals surface area (Å²) in [5, 5.41) is 2.89. The molecule has 2 aromatic carbocycles. The molecule has 0 spiro atoms. The maximum Gasteiger partial charge on any atom is 0.318 e. The molecule has 2 aromatic rings. The smallest absolute Gasteiger partial charge is 0.318 e. The monoisotopic (exact) mass is 431 g/mol. The van der Waals surface area contributed by atoms with Crippen molar-refractivity contribution in [1.29, 1.82) is 0 Å². The van der Waals surface area contributed by atoms with Gasteiger partial charge >= 0.3 is 6.03 Å². The molecule has 2 amide bonds. The first-order valence-electron chi connectivity index (χ1n) is 9.48. The molecule has 2 aliphatic heterocycles. The fraction of sp³-hybridized carbons (Fsp3) is 0.286. The quantitative estimate of drug-likeness (QED) is 0.738. The van der Waals surface area contributed by atoms with Gasteiger partial charge in [0.2, 0.25) is 10.0 Å². The Morgan fingerprint density at radius 1 is 1.00 bits per heavy atom. The Bertz CT molecular complexity index is 1060. The summed E-state index contributed by atoms with van der Waals surface area (Å²) >= 11 is 0. The number of halogens is 1. The van der Waals surface area contributed by atoms with E-state index in [1.54, 1.807) is 12.0 Å². The largest absolute Gasteiger partial charge is 0.497 e. The predicted molar refractivity (Wildman–Crippen MR) is 109 cm³/mol. The molecular weight excluding hydrogens is 409 g/mol. The molecule has 0 saturated carbocycles. The normalized spacial score (nSPS) is 16.7. The van der Waals surface area contributed by atoms with Crippen LogP contribution in [0.25, 0.3) is 0 Å². The highest BCUT2D eigenvalue weighted by Crippen LogP contribution is 2.30. The van der Waals surface area contributed by atoms with Crippen LogP contribution in [0.2, 0.25) is 0 Å². The van der Waals surface area contributed by atoms with Crippen molar-refractivity contribution >= 4 is 16.1 Å². The minimum atomic E-state index is -3.69. The lowest BCUT2D eigenvalue weighted by molar-refractivity contribution is 0.208. The average molecular weight is 431 g/mol. The number of hydrogen-bond acceptors (Lipinski definition) is 4. The van der Waals surface area contributed by atoms with Gasteiger partial charge in [-0.05, 0) is 53.1 Å². The van der Waals surface area contributed by atoms with Crippen LogP contribution in [0.1, 0.15) is 5.56 Å². The lowest BCUT2D eigenvalue weighted by Crippen LogP contribution is -2.41. The van der Waals surface area contributed by atoms with Gasteiger partial charge in [-0.15, -0.1) is 0 Å². The summed E-state index contributed by atoms with van der Waals surface area (Å²) in [5.74, 6) is 0.276. The van der Waals surface area contributed by atoms with E-state index in [0.29, 0.717) is 19.6 Å². The molecule has 158 valence electrons. The number of amides is 2. The Morgan fingerprint density at radius 3 is 2.17 bits per heavy atom. The third-order valence-corrected chi connectivity index (χ3v) is 7.15. The average Bonchev–Trinajstić information content (AvgIpc) is 3.33. The Kier molecular flexibility index (Phi) is 5.48. The van der Waals surface area contributed by atoms with Crippen LogP contribution in [0, 0.1) is 5.82 Å². The molecule has 0 bridgehead atoms. The van der Waals surface area contributed by atoms with Gasteiger partial charge in [0.15, 0.2) is 0 Å². The molecule has 7 nitrogen and oxygen atoms in total. The van der Waals surface area contributed by atoms with Crippen molar-refractivity contribution in [3.63, 3.8) is 0 Å². The topological polar surface area (TPSA) is 79.0 Å². The Hall–Kier alpha value is -2.91. The van der Waals surface area contributed by atoms with Crippen LogP contribution >= 0.6 is 0 Å². The fourth-order valence-electron chi connectivity index (χ4n) is 3.65. The number of carbonyl (C=O) groups is 1. The van der Waals surface area contributed by atoms with E-state index in [9.17, 15) is 17.6 Å². The molecule has 1 N–H and O–H groups in total. The van der Waals surface area contributed by atoms with Gasteiger partial charge in [-0.3, -0.25) is 0 Å². The molecule has 0 unspecified atom stereocenters. The summed E-state index contributed by atoms with van der Waals surface area (Å²) in [6, 6.07) is 12.1. The summed E-state index contributed by atoms with van der Waals surface area (Å²) in [4.78, 5) is 14.2. The summed E-state index contributed by atoms with van der Waals surface area (Å²) in [5.41, 5.74) is 2.85. The highest BCUT2D eigenvalue weighted by Gasteiger charge is 2.37. The van der Waals surface area contributed by atoms with E-state index in [2.05, 4.69) is 5.32 Å². The maximum atomic E-state index is 13.1. The number of benzene rings is 2. The number of nitrogens with zero attached hydrogens (tertiary/aromatic N) is 2. The van der Waals surface area contributed by atoms with Crippen molar-refractivity contribution < 1.29 is 22.3 Å². The lowest BCUT2D eigenvalue weighted by atomic mass is 10.2. The highest BCUT2D eigenvalue weighted by atomic mass is 32.2. The zero-order valence-corrected chi connectivity index (χ0v) is 17.3. The third-order valence-electron chi connectivity index (χ3n) is 5.34. The van der Waals surface area contributed by atoms with E-state index < -0.39 is 15.8 Å². The highest BCUT2D eigenvalue weighted by molar-refractivity contribution is 7.89. The predicted octanol–water partition coefficient (Wildman–Crippen LogP) is 2.36. The summed E-state index contributed by atoms with van der Waals surface area (Å²) in [6.07, 6.45) is 0. The van der Waals surface area contributed by atoms with Gasteiger partial charge in [0.1, 0.15) is 11.6 Å². The molecule has 0 radical (unpaired) electrons. The van der Waals surface area contributed by atoms with Gasteiger partial charge in [0.05, 0.1) is 12.0 Å². The van der Waals surface area contributed by atoms with Gasteiger partial charge in [0.25, 0.3) is 0 Å². The summed E-state index contributed by atoms with van der Waals surface area (Å²) in [7, 11) is -2.09. The van der Waals surface area contributed by atoms with E-state index in [1.807, 2.05) is 24.3 Å². The first kappa shape index (κ1) is 20.4. The van der Waals surface area contributed by atoms with E-state index in [4.69, 9.17) is 4.74 Å². The SMILES string of the molecule is COc1ccc(CNC(=O)N2CC3=C(C2)CN(S(=O)(=O)c2ccc(F)cc2)C3)cc1. The van der Waals surface area contributed by atoms with E-state index in [0.717, 1.165) is 34.6 Å². The first-order valence-corrected chi connectivity index (χ1v) is 10.9. The number of urea groups is 1. The second-order valence-corrected chi connectivity index (χ2v) is 9.23. The summed E-state index contributed by atoms with van der Waals surface area (Å²) in [6.45, 7) is 1.70. The molecule has 30 heavy (non-hydrogen) atoms. The number of hydrogen-bond donors (Lipinski definition) is 1. The fourth-order valence-corrected chi connectivity index (χ4v) is 5.08. The van der Waals surface area contributed by atoms with Crippen LogP contribution in [0.15, 0.2) is 64.6 Å². The number of methoxy groups -OCH3 is 1. The molecule has 4 rings (SSSR count). The number of rotatable bonds is 5. The number of nitrogens with one attached hydrogen (secondary N) is 1. The number of sulfonamides is 1. The van der Waals surface area contributed by atoms with Crippen molar-refractivity contribution in [2.24, 2.45) is 0 Å². The first-order chi connectivity index (χ1) is 14.4. The second kappa shape index (κ2) is 8.08. The van der Waals surface area contributed by atoms with Crippen molar-refractivity contribution in [2.75, 3.05) is 33.3 Å². The van der Waals surface area contributed by atoms with Crippen molar-refractivity contribution in [1.82, 2.24) is 14.5 Å². The molecule has 9 heteroatoms. The second-order valence-electron chi connectivity index (χ2n) is 7.30. The minimum Gasteiger partial charge on any atom is -0.497 e. The standard InChI is InChI=1S/C21H22FN3O4S/c1-29-19-6-2-15(3-7-19)10-23-21(26)24-11-16-13-25(14-17(16)12-24)30(27,28)20-8-4-18(22)5-9-20/h2-9H,10-14H2,1H3,(H,23,26). The summed E-state index contributed by atoms with van der Waals surface area (Å²) < 4.78 is 45.1. The van der Waals surface area contributed by atoms with Crippen LogP contribution in [-0.4, -0.2) is 56.9 Å². The van der Waals surface area contributed by atoms with Crippen LogP contribution in [-0.2, 0) is 16.6 Å².